The van der Waals surface area contributed by atoms with Crippen LogP contribution in [0.25, 0.3) is 39.3 Å². The molecule has 0 aliphatic carbocycles. The average Bonchev–Trinajstić information content (AvgIpc) is 3.19. The molecule has 1 N–H and O–H groups in total. The molecule has 0 aliphatic rings. The molecule has 0 saturated heterocycles. The predicted molar refractivity (Wildman–Crippen MR) is 119 cm³/mol. The van der Waals surface area contributed by atoms with Crippen molar-refractivity contribution in [1.29, 1.82) is 0 Å². The molecule has 2 aromatic heterocycles. The van der Waals surface area contributed by atoms with Crippen LogP contribution in [0.15, 0.2) is 83.7 Å². The summed E-state index contributed by atoms with van der Waals surface area (Å²) >= 11 is 0. The van der Waals surface area contributed by atoms with Crippen LogP contribution in [-0.4, -0.2) is 19.5 Å². The monoisotopic (exact) mass is 444 g/mol. The minimum absolute atomic E-state index is 0.00577. The average molecular weight is 444 g/mol. The number of fused-ring (bicyclic) bond motifs is 1. The van der Waals surface area contributed by atoms with Crippen molar-refractivity contribution < 1.29 is 13.7 Å². The zero-order valence-electron chi connectivity index (χ0n) is 16.8. The Morgan fingerprint density at radius 2 is 1.55 bits per heavy atom. The number of aromatic nitrogens is 3. The summed E-state index contributed by atoms with van der Waals surface area (Å²) in [5.74, 6) is -1.62. The number of aromatic amines is 1. The lowest BCUT2D eigenvalue weighted by Gasteiger charge is -2.08. The summed E-state index contributed by atoms with van der Waals surface area (Å²) in [7, 11) is 0. The first-order valence-electron chi connectivity index (χ1n) is 9.85. The smallest absolute Gasteiger partial charge is 0.333 e. The molecule has 0 unspecified atom stereocenters. The molecule has 0 bridgehead atoms. The minimum Gasteiger partial charge on any atom is -0.333 e. The van der Waals surface area contributed by atoms with E-state index in [1.54, 1.807) is 60.7 Å². The molecule has 5 rings (SSSR count). The Kier molecular flexibility index (Phi) is 4.78. The lowest BCUT2D eigenvalue weighted by atomic mass is 10.0. The van der Waals surface area contributed by atoms with Gasteiger partial charge in [-0.15, -0.1) is 0 Å². The van der Waals surface area contributed by atoms with Gasteiger partial charge in [-0.3, -0.25) is 14.9 Å². The molecule has 0 atom stereocenters. The fourth-order valence-corrected chi connectivity index (χ4v) is 3.79. The number of H-pyrrole nitrogens is 1. The van der Waals surface area contributed by atoms with Gasteiger partial charge >= 0.3 is 11.2 Å². The number of rotatable bonds is 4. The van der Waals surface area contributed by atoms with E-state index in [-0.39, 0.29) is 28.2 Å². The molecule has 3 aromatic carbocycles. The van der Waals surface area contributed by atoms with Crippen LogP contribution in [0.3, 0.4) is 0 Å². The van der Waals surface area contributed by atoms with E-state index >= 15 is 0 Å². The van der Waals surface area contributed by atoms with Gasteiger partial charge in [0.05, 0.1) is 10.5 Å². The number of hydrogen-bond acceptors (Lipinski definition) is 4. The van der Waals surface area contributed by atoms with Crippen molar-refractivity contribution in [2.75, 3.05) is 0 Å². The molecular formula is C24H14F2N4O3. The third-order valence-electron chi connectivity index (χ3n) is 5.25. The quantitative estimate of drug-likeness (QED) is 0.304. The molecule has 0 saturated carbocycles. The predicted octanol–water partition coefficient (Wildman–Crippen LogP) is 5.21. The molecular weight excluding hydrogens is 430 g/mol. The van der Waals surface area contributed by atoms with E-state index in [0.717, 1.165) is 16.6 Å². The van der Waals surface area contributed by atoms with E-state index in [0.29, 0.717) is 11.1 Å². The Balaban J connectivity index is 1.95. The zero-order chi connectivity index (χ0) is 23.1. The molecule has 2 heterocycles. The standard InChI is InChI=1S/C24H14F2N4O3/c25-16-11-12-17(18(26)13-16)19-20(14-7-3-1-4-8-14)28-29-23(19)27-21(15-9-5-2-6-10-15)22(24(29)31)30(32)33/h1-13,27H. The van der Waals surface area contributed by atoms with E-state index in [9.17, 15) is 23.7 Å². The fourth-order valence-electron chi connectivity index (χ4n) is 3.79. The summed E-state index contributed by atoms with van der Waals surface area (Å²) in [4.78, 5) is 27.2. The van der Waals surface area contributed by atoms with E-state index in [1.165, 1.54) is 6.07 Å². The number of nitrogens with one attached hydrogen (secondary N) is 1. The molecule has 9 heteroatoms. The largest absolute Gasteiger partial charge is 0.359 e. The van der Waals surface area contributed by atoms with Gasteiger partial charge in [0.1, 0.15) is 28.7 Å². The highest BCUT2D eigenvalue weighted by atomic mass is 19.1. The number of hydrogen-bond donors (Lipinski definition) is 1. The highest BCUT2D eigenvalue weighted by molar-refractivity contribution is 5.91. The second-order valence-corrected chi connectivity index (χ2v) is 7.25. The van der Waals surface area contributed by atoms with Crippen molar-refractivity contribution in [3.05, 3.63) is 111 Å². The number of benzene rings is 3. The van der Waals surface area contributed by atoms with Crippen molar-refractivity contribution >= 4 is 11.3 Å². The van der Waals surface area contributed by atoms with Gasteiger partial charge < -0.3 is 4.98 Å². The van der Waals surface area contributed by atoms with Gasteiger partial charge in [0, 0.05) is 22.8 Å². The van der Waals surface area contributed by atoms with Crippen molar-refractivity contribution in [2.45, 2.75) is 0 Å². The first-order chi connectivity index (χ1) is 16.0. The maximum absolute atomic E-state index is 14.9. The van der Waals surface area contributed by atoms with Crippen molar-refractivity contribution in [2.24, 2.45) is 0 Å². The summed E-state index contributed by atoms with van der Waals surface area (Å²) < 4.78 is 29.4. The second-order valence-electron chi connectivity index (χ2n) is 7.25. The van der Waals surface area contributed by atoms with Crippen molar-refractivity contribution in [3.63, 3.8) is 0 Å². The molecule has 0 radical (unpaired) electrons. The van der Waals surface area contributed by atoms with Gasteiger partial charge in [0.15, 0.2) is 0 Å². The third-order valence-corrected chi connectivity index (χ3v) is 5.25. The van der Waals surface area contributed by atoms with Crippen molar-refractivity contribution in [1.82, 2.24) is 14.6 Å². The molecule has 0 spiro atoms. The Labute approximate surface area is 184 Å². The summed E-state index contributed by atoms with van der Waals surface area (Å²) in [6, 6.07) is 20.1. The Morgan fingerprint density at radius 1 is 0.909 bits per heavy atom. The SMILES string of the molecule is O=c1c([N+](=O)[O-])c(-c2ccccc2)[nH]c2c(-c3ccc(F)cc3F)c(-c3ccccc3)nn12. The minimum atomic E-state index is -0.974. The molecule has 7 nitrogen and oxygen atoms in total. The van der Waals surface area contributed by atoms with Gasteiger partial charge in [-0.25, -0.2) is 8.78 Å². The maximum Gasteiger partial charge on any atom is 0.359 e. The lowest BCUT2D eigenvalue weighted by Crippen LogP contribution is -2.20. The van der Waals surface area contributed by atoms with E-state index in [2.05, 4.69) is 10.1 Å². The Hall–Kier alpha value is -4.66. The zero-order valence-corrected chi connectivity index (χ0v) is 16.8. The number of nitro groups is 1. The first kappa shape index (κ1) is 20.3. The molecule has 162 valence electrons. The topological polar surface area (TPSA) is 93.3 Å². The van der Waals surface area contributed by atoms with Crippen LogP contribution < -0.4 is 5.56 Å². The maximum atomic E-state index is 14.9. The van der Waals surface area contributed by atoms with Crippen LogP contribution in [0.4, 0.5) is 14.5 Å². The van der Waals surface area contributed by atoms with Gasteiger partial charge in [-0.1, -0.05) is 60.7 Å². The van der Waals surface area contributed by atoms with E-state index in [1.807, 2.05) is 0 Å². The fraction of sp³-hybridized carbons (Fsp3) is 0. The second kappa shape index (κ2) is 7.79. The molecule has 5 aromatic rings. The van der Waals surface area contributed by atoms with E-state index in [4.69, 9.17) is 0 Å². The summed E-state index contributed by atoms with van der Waals surface area (Å²) in [5.41, 5.74) is -0.310. The molecule has 33 heavy (non-hydrogen) atoms. The number of nitrogens with zero attached hydrogens (tertiary/aromatic N) is 3. The first-order valence-corrected chi connectivity index (χ1v) is 9.85. The summed E-state index contributed by atoms with van der Waals surface area (Å²) in [6.07, 6.45) is 0. The Morgan fingerprint density at radius 3 is 2.15 bits per heavy atom. The number of halogens is 2. The van der Waals surface area contributed by atoms with Gasteiger partial charge in [-0.2, -0.15) is 9.61 Å². The van der Waals surface area contributed by atoms with Crippen LogP contribution in [0.2, 0.25) is 0 Å². The third kappa shape index (κ3) is 3.35. The van der Waals surface area contributed by atoms with Gasteiger partial charge in [-0.05, 0) is 12.1 Å². The van der Waals surface area contributed by atoms with Crippen LogP contribution in [0, 0.1) is 21.7 Å². The lowest BCUT2D eigenvalue weighted by molar-refractivity contribution is -0.385. The van der Waals surface area contributed by atoms with Crippen molar-refractivity contribution in [3.8, 4) is 33.6 Å². The van der Waals surface area contributed by atoms with Crippen LogP contribution >= 0.6 is 0 Å². The normalized spacial score (nSPS) is 11.1. The van der Waals surface area contributed by atoms with Crippen LogP contribution in [0.1, 0.15) is 0 Å². The summed E-state index contributed by atoms with van der Waals surface area (Å²) in [6.45, 7) is 0. The highest BCUT2D eigenvalue weighted by Gasteiger charge is 2.29. The van der Waals surface area contributed by atoms with Gasteiger partial charge in [0.2, 0.25) is 0 Å². The highest BCUT2D eigenvalue weighted by Crippen LogP contribution is 2.37. The molecule has 0 amide bonds. The van der Waals surface area contributed by atoms with Crippen LogP contribution in [0.5, 0.6) is 0 Å². The van der Waals surface area contributed by atoms with Crippen LogP contribution in [-0.2, 0) is 0 Å². The van der Waals surface area contributed by atoms with E-state index < -0.39 is 27.8 Å². The van der Waals surface area contributed by atoms with Gasteiger partial charge in [0.25, 0.3) is 0 Å². The Bertz CT molecular complexity index is 1580. The molecule has 0 fully saturated rings. The molecule has 0 aliphatic heterocycles. The summed E-state index contributed by atoms with van der Waals surface area (Å²) in [5, 5.41) is 16.1.